The molecule has 1 atom stereocenters. The first-order valence-electron chi connectivity index (χ1n) is 9.29. The Hall–Kier alpha value is -3.03. The molecule has 1 N–H and O–H groups in total. The predicted octanol–water partition coefficient (Wildman–Crippen LogP) is 5.08. The Morgan fingerprint density at radius 2 is 1.93 bits per heavy atom. The lowest BCUT2D eigenvalue weighted by atomic mass is 10.0. The molecule has 0 saturated heterocycles. The molecule has 4 aromatic rings. The minimum absolute atomic E-state index is 0.114. The summed E-state index contributed by atoms with van der Waals surface area (Å²) in [4.78, 5) is 9.26. The second kappa shape index (κ2) is 7.42. The van der Waals surface area contributed by atoms with Crippen molar-refractivity contribution in [3.63, 3.8) is 0 Å². The number of halogens is 1. The number of rotatable bonds is 5. The summed E-state index contributed by atoms with van der Waals surface area (Å²) < 4.78 is 24.4. The van der Waals surface area contributed by atoms with E-state index in [0.717, 1.165) is 38.5 Å². The summed E-state index contributed by atoms with van der Waals surface area (Å²) in [6.07, 6.45) is 1.81. The second-order valence-electron chi connectivity index (χ2n) is 6.87. The molecule has 0 aliphatic carbocycles. The molecular formula is C22H18FN3O2S. The number of aromatic nitrogens is 2. The van der Waals surface area contributed by atoms with Gasteiger partial charge in [-0.3, -0.25) is 0 Å². The quantitative estimate of drug-likeness (QED) is 0.500. The number of fused-ring (bicyclic) bond motifs is 2. The van der Waals surface area contributed by atoms with Gasteiger partial charge in [0.25, 0.3) is 0 Å². The summed E-state index contributed by atoms with van der Waals surface area (Å²) in [7, 11) is 0. The van der Waals surface area contributed by atoms with E-state index in [-0.39, 0.29) is 18.7 Å². The van der Waals surface area contributed by atoms with E-state index in [4.69, 9.17) is 14.5 Å². The number of nitrogens with one attached hydrogen (secondary N) is 1. The molecule has 1 aliphatic heterocycles. The molecule has 2 aromatic heterocycles. The van der Waals surface area contributed by atoms with Crippen LogP contribution < -0.4 is 14.8 Å². The average molecular weight is 407 g/mol. The Morgan fingerprint density at radius 1 is 1.14 bits per heavy atom. The summed E-state index contributed by atoms with van der Waals surface area (Å²) >= 11 is 1.62. The van der Waals surface area contributed by atoms with Crippen LogP contribution in [0.15, 0.2) is 54.0 Å². The number of hydrogen-bond donors (Lipinski definition) is 1. The second-order valence-corrected chi connectivity index (χ2v) is 7.80. The van der Waals surface area contributed by atoms with Gasteiger partial charge in [-0.25, -0.2) is 14.4 Å². The van der Waals surface area contributed by atoms with Gasteiger partial charge in [0.15, 0.2) is 11.5 Å². The molecule has 7 heteroatoms. The van der Waals surface area contributed by atoms with E-state index < -0.39 is 0 Å². The van der Waals surface area contributed by atoms with Crippen molar-refractivity contribution in [1.82, 2.24) is 15.3 Å². The monoisotopic (exact) mass is 407 g/mol. The predicted molar refractivity (Wildman–Crippen MR) is 111 cm³/mol. The van der Waals surface area contributed by atoms with Crippen molar-refractivity contribution in [2.45, 2.75) is 19.5 Å². The molecule has 5 nitrogen and oxygen atoms in total. The molecule has 0 bridgehead atoms. The van der Waals surface area contributed by atoms with Crippen LogP contribution in [0.25, 0.3) is 22.2 Å². The Kier molecular flexibility index (Phi) is 4.61. The van der Waals surface area contributed by atoms with Gasteiger partial charge in [0.2, 0.25) is 6.79 Å². The number of hydrogen-bond acceptors (Lipinski definition) is 6. The lowest BCUT2D eigenvalue weighted by Gasteiger charge is -2.15. The number of ether oxygens (including phenoxy) is 2. The van der Waals surface area contributed by atoms with Crippen LogP contribution in [0.2, 0.25) is 0 Å². The highest BCUT2D eigenvalue weighted by molar-refractivity contribution is 7.09. The van der Waals surface area contributed by atoms with Gasteiger partial charge in [-0.2, -0.15) is 0 Å². The van der Waals surface area contributed by atoms with E-state index in [0.29, 0.717) is 12.3 Å². The SMILES string of the molecule is CC(NCc1cc2cc3c(cc2nc1-c1ccc(F)cc1)OCO3)c1nccs1. The third-order valence-corrected chi connectivity index (χ3v) is 5.88. The maximum Gasteiger partial charge on any atom is 0.231 e. The number of nitrogens with zero attached hydrogens (tertiary/aromatic N) is 2. The van der Waals surface area contributed by atoms with Crippen LogP contribution in [0.1, 0.15) is 23.5 Å². The van der Waals surface area contributed by atoms with Crippen molar-refractivity contribution in [3.8, 4) is 22.8 Å². The molecule has 2 aromatic carbocycles. The molecule has 3 heterocycles. The summed E-state index contributed by atoms with van der Waals surface area (Å²) in [6, 6.07) is 12.5. The van der Waals surface area contributed by atoms with Gasteiger partial charge in [0, 0.05) is 35.1 Å². The molecule has 0 saturated carbocycles. The van der Waals surface area contributed by atoms with E-state index in [1.54, 1.807) is 23.5 Å². The van der Waals surface area contributed by atoms with Crippen molar-refractivity contribution < 1.29 is 13.9 Å². The number of thiazole rings is 1. The van der Waals surface area contributed by atoms with Crippen molar-refractivity contribution in [1.29, 1.82) is 0 Å². The lowest BCUT2D eigenvalue weighted by Crippen LogP contribution is -2.18. The van der Waals surface area contributed by atoms with Crippen molar-refractivity contribution in [2.75, 3.05) is 6.79 Å². The van der Waals surface area contributed by atoms with E-state index >= 15 is 0 Å². The molecule has 0 fully saturated rings. The molecule has 0 amide bonds. The van der Waals surface area contributed by atoms with E-state index in [9.17, 15) is 4.39 Å². The molecule has 1 aliphatic rings. The summed E-state index contributed by atoms with van der Waals surface area (Å²) in [5.41, 5.74) is 3.51. The molecule has 0 spiro atoms. The van der Waals surface area contributed by atoms with E-state index in [2.05, 4.69) is 23.3 Å². The fourth-order valence-electron chi connectivity index (χ4n) is 3.40. The zero-order valence-electron chi connectivity index (χ0n) is 15.7. The fraction of sp³-hybridized carbons (Fsp3) is 0.182. The Balaban J connectivity index is 1.56. The molecular weight excluding hydrogens is 389 g/mol. The standard InChI is InChI=1S/C22H18FN3O2S/c1-13(22-24-6-7-29-22)25-11-16-8-15-9-19-20(28-12-27-19)10-18(15)26-21(16)14-2-4-17(23)5-3-14/h2-10,13,25H,11-12H2,1H3. The highest BCUT2D eigenvalue weighted by Crippen LogP contribution is 2.37. The normalized spacial score (nSPS) is 13.7. The van der Waals surface area contributed by atoms with Gasteiger partial charge in [-0.15, -0.1) is 11.3 Å². The van der Waals surface area contributed by atoms with Crippen molar-refractivity contribution in [3.05, 3.63) is 70.4 Å². The fourth-order valence-corrected chi connectivity index (χ4v) is 4.07. The smallest absolute Gasteiger partial charge is 0.231 e. The van der Waals surface area contributed by atoms with Gasteiger partial charge >= 0.3 is 0 Å². The summed E-state index contributed by atoms with van der Waals surface area (Å²) in [5.74, 6) is 1.15. The summed E-state index contributed by atoms with van der Waals surface area (Å²) in [6.45, 7) is 2.91. The van der Waals surface area contributed by atoms with Crippen LogP contribution in [0.5, 0.6) is 11.5 Å². The zero-order chi connectivity index (χ0) is 19.8. The van der Waals surface area contributed by atoms with Crippen molar-refractivity contribution >= 4 is 22.2 Å². The van der Waals surface area contributed by atoms with Gasteiger partial charge < -0.3 is 14.8 Å². The van der Waals surface area contributed by atoms with Crippen LogP contribution in [0, 0.1) is 5.82 Å². The van der Waals surface area contributed by atoms with Crippen LogP contribution >= 0.6 is 11.3 Å². The topological polar surface area (TPSA) is 56.3 Å². The molecule has 5 rings (SSSR count). The largest absolute Gasteiger partial charge is 0.454 e. The lowest BCUT2D eigenvalue weighted by molar-refractivity contribution is 0.174. The first-order valence-corrected chi connectivity index (χ1v) is 10.2. The highest BCUT2D eigenvalue weighted by Gasteiger charge is 2.18. The minimum atomic E-state index is -0.269. The van der Waals surface area contributed by atoms with Crippen LogP contribution in [-0.2, 0) is 6.54 Å². The maximum atomic E-state index is 13.4. The average Bonchev–Trinajstić information content (AvgIpc) is 3.42. The van der Waals surface area contributed by atoms with Gasteiger partial charge in [0.1, 0.15) is 10.8 Å². The Morgan fingerprint density at radius 3 is 2.69 bits per heavy atom. The first kappa shape index (κ1) is 18.0. The Labute approximate surface area is 171 Å². The molecule has 0 radical (unpaired) electrons. The van der Waals surface area contributed by atoms with Gasteiger partial charge in [-0.05, 0) is 48.9 Å². The maximum absolute atomic E-state index is 13.4. The zero-order valence-corrected chi connectivity index (χ0v) is 16.5. The van der Waals surface area contributed by atoms with E-state index in [1.165, 1.54) is 12.1 Å². The third-order valence-electron chi connectivity index (χ3n) is 4.93. The third kappa shape index (κ3) is 3.54. The highest BCUT2D eigenvalue weighted by atomic mass is 32.1. The summed E-state index contributed by atoms with van der Waals surface area (Å²) in [5, 5.41) is 7.49. The van der Waals surface area contributed by atoms with Crippen LogP contribution in [-0.4, -0.2) is 16.8 Å². The first-order chi connectivity index (χ1) is 14.2. The van der Waals surface area contributed by atoms with Crippen LogP contribution in [0.3, 0.4) is 0 Å². The van der Waals surface area contributed by atoms with Gasteiger partial charge in [-0.1, -0.05) is 0 Å². The minimum Gasteiger partial charge on any atom is -0.454 e. The number of benzene rings is 2. The Bertz CT molecular complexity index is 1160. The molecule has 29 heavy (non-hydrogen) atoms. The molecule has 1 unspecified atom stereocenters. The van der Waals surface area contributed by atoms with Gasteiger partial charge in [0.05, 0.1) is 17.3 Å². The molecule has 146 valence electrons. The van der Waals surface area contributed by atoms with Crippen molar-refractivity contribution in [2.24, 2.45) is 0 Å². The van der Waals surface area contributed by atoms with E-state index in [1.807, 2.05) is 23.7 Å². The number of pyridine rings is 1. The van der Waals surface area contributed by atoms with Crippen LogP contribution in [0.4, 0.5) is 4.39 Å².